The van der Waals surface area contributed by atoms with Crippen LogP contribution in [0.2, 0.25) is 0 Å². The molecule has 0 radical (unpaired) electrons. The van der Waals surface area contributed by atoms with E-state index in [-0.39, 0.29) is 96.4 Å². The van der Waals surface area contributed by atoms with Crippen molar-refractivity contribution in [2.24, 2.45) is 46.4 Å². The number of hydrogen-bond donors (Lipinski definition) is 23. The number of fused-ring (bicyclic) bond motifs is 1. The Morgan fingerprint density at radius 2 is 1.03 bits per heavy atom. The zero-order valence-electron chi connectivity index (χ0n) is 65.0. The normalized spacial score (nSPS) is 15.2. The molecular formula is C72H114N24O18S. The number of amides is 18. The topological polar surface area (TPSA) is 686 Å². The molecule has 115 heavy (non-hydrogen) atoms. The van der Waals surface area contributed by atoms with Crippen LogP contribution in [0.3, 0.4) is 0 Å². The number of primary amides is 4. The van der Waals surface area contributed by atoms with Crippen LogP contribution < -0.4 is 108 Å². The lowest BCUT2D eigenvalue weighted by atomic mass is 10.0. The standard InChI is InChI=1S/C71H110N24O18S.CH4/c1-34(2)24-47(92-62(105)43(14-11-22-79-71(76)77)89-64(107)45(15-18-52(72)96)90-63(106)44-17-20-55(99)85-44)61(104)81-31-56(100)87-51(28-54(74)98)69(112)91-46(16-19-53(73)97)65(108)94-49(26-38-29-80-41-13-10-9-12-40(38)41)66(109)84-37(7)60(103)95-58(36(5)6)70(113)82-32-57(101)86-50(27-39-30-78-33-83-39)68(111)93-48(25-35(3)4)67(110)88-42(59(75)102)21-23-114-8;/h9-10,12-13,29-30,33-37,42-51,58,80H,11,14-28,31-32H2,1-8H3,(H2,72,96)(H2,73,97)(H2,74,98)(H2,75,102)(H,78,83)(H,81,104)(H,82,113)(H,84,109)(H,85,99)(H,86,101)(H,87,100)(H,88,110)(H,89,107)(H,90,106)(H,91,112)(H,92,105)(H,93,111)(H,94,108)(H,95,103)(H4,76,77,79);1H4. The molecule has 1 fully saturated rings. The highest BCUT2D eigenvalue weighted by molar-refractivity contribution is 7.98. The average Bonchev–Trinajstić information content (AvgIpc) is 1.71. The Kier molecular flexibility index (Phi) is 41.3. The molecule has 0 aliphatic carbocycles. The van der Waals surface area contributed by atoms with Crippen LogP contribution in [0.15, 0.2) is 43.0 Å². The Hall–Kier alpha value is -11.9. The van der Waals surface area contributed by atoms with Gasteiger partial charge in [0.15, 0.2) is 5.96 Å². The second-order valence-corrected chi connectivity index (χ2v) is 29.7. The van der Waals surface area contributed by atoms with Gasteiger partial charge in [-0.05, 0) is 99.7 Å². The number of nitrogens with two attached hydrogens (primary N) is 5. The smallest absolute Gasteiger partial charge is 0.243 e. The largest absolute Gasteiger partial charge is 0.370 e. The molecular weight excluding hydrogens is 1520 g/mol. The fourth-order valence-corrected chi connectivity index (χ4v) is 12.2. The first-order chi connectivity index (χ1) is 53.7. The first-order valence-corrected chi connectivity index (χ1v) is 38.5. The van der Waals surface area contributed by atoms with Gasteiger partial charge in [-0.25, -0.2) is 4.98 Å². The second-order valence-electron chi connectivity index (χ2n) is 28.7. The van der Waals surface area contributed by atoms with Gasteiger partial charge in [-0.1, -0.05) is 67.2 Å². The molecule has 42 nitrogen and oxygen atoms in total. The summed E-state index contributed by atoms with van der Waals surface area (Å²) in [6, 6.07) is -10.1. The van der Waals surface area contributed by atoms with Gasteiger partial charge in [0.1, 0.15) is 72.5 Å². The van der Waals surface area contributed by atoms with Crippen molar-refractivity contribution < 1.29 is 86.3 Å². The number of imidazole rings is 1. The Labute approximate surface area is 669 Å². The van der Waals surface area contributed by atoms with Crippen LogP contribution in [-0.2, 0) is 99.1 Å². The molecule has 0 saturated carbocycles. The van der Waals surface area contributed by atoms with E-state index in [9.17, 15) is 86.3 Å². The van der Waals surface area contributed by atoms with Gasteiger partial charge in [0, 0.05) is 67.6 Å². The van der Waals surface area contributed by atoms with Gasteiger partial charge < -0.3 is 118 Å². The predicted octanol–water partition coefficient (Wildman–Crippen LogP) is -6.17. The van der Waals surface area contributed by atoms with Gasteiger partial charge in [0.05, 0.1) is 25.8 Å². The van der Waals surface area contributed by atoms with Crippen molar-refractivity contribution in [2.45, 2.75) is 218 Å². The number of nitrogens with one attached hydrogen (secondary N) is 18. The predicted molar refractivity (Wildman–Crippen MR) is 421 cm³/mol. The van der Waals surface area contributed by atoms with E-state index in [0.717, 1.165) is 0 Å². The lowest BCUT2D eigenvalue weighted by Gasteiger charge is -2.27. The molecule has 1 aliphatic heterocycles. The summed E-state index contributed by atoms with van der Waals surface area (Å²) >= 11 is 1.44. The van der Waals surface area contributed by atoms with Gasteiger partial charge in [-0.2, -0.15) is 11.8 Å². The van der Waals surface area contributed by atoms with Crippen molar-refractivity contribution in [1.29, 1.82) is 5.41 Å². The summed E-state index contributed by atoms with van der Waals surface area (Å²) in [5, 5.41) is 45.7. The lowest BCUT2D eigenvalue weighted by molar-refractivity contribution is -0.136. The molecule has 0 spiro atoms. The highest BCUT2D eigenvalue weighted by atomic mass is 32.2. The van der Waals surface area contributed by atoms with Gasteiger partial charge in [-0.15, -0.1) is 0 Å². The van der Waals surface area contributed by atoms with Crippen LogP contribution in [0.1, 0.15) is 144 Å². The number of guanidine groups is 1. The summed E-state index contributed by atoms with van der Waals surface area (Å²) in [5.74, 6) is -17.3. The fourth-order valence-electron chi connectivity index (χ4n) is 11.8. The highest BCUT2D eigenvalue weighted by Gasteiger charge is 2.38. The SMILES string of the molecule is C.CSCCC(NC(=O)C(CC(C)C)NC(=O)C(Cc1cnc[nH]1)NC(=O)CNC(=O)C(NC(=O)C(C)NC(=O)C(Cc1c[nH]c2ccccc12)NC(=O)C(CCC(N)=O)NC(=O)C(CC(N)=O)NC(=O)CNC(=O)C(CC(C)C)NC(=O)C(CCCNC(=N)N)NC(=O)C(CCC(N)=O)NC(=O)C1CCC(=O)N1)C(C)C)C(N)=O. The van der Waals surface area contributed by atoms with Crippen molar-refractivity contribution in [1.82, 2.24) is 94.7 Å². The molecule has 18 amide bonds. The Morgan fingerprint density at radius 1 is 0.530 bits per heavy atom. The Balaban J connectivity index is 0.0000342. The third kappa shape index (κ3) is 34.9. The van der Waals surface area contributed by atoms with Crippen molar-refractivity contribution in [3.63, 3.8) is 0 Å². The monoisotopic (exact) mass is 1630 g/mol. The minimum absolute atomic E-state index is 0. The average molecular weight is 1640 g/mol. The zero-order valence-corrected chi connectivity index (χ0v) is 65.8. The Morgan fingerprint density at radius 3 is 1.55 bits per heavy atom. The number of carbonyl (C=O) groups is 18. The summed E-state index contributed by atoms with van der Waals surface area (Å²) in [7, 11) is 0. The van der Waals surface area contributed by atoms with E-state index >= 15 is 0 Å². The minimum atomic E-state index is -1.89. The number of nitrogens with zero attached hydrogens (tertiary/aromatic N) is 1. The molecule has 3 heterocycles. The van der Waals surface area contributed by atoms with Crippen LogP contribution in [0.5, 0.6) is 0 Å². The molecule has 12 unspecified atom stereocenters. The number of aromatic nitrogens is 3. The van der Waals surface area contributed by atoms with Crippen LogP contribution >= 0.6 is 11.8 Å². The maximum atomic E-state index is 14.6. The molecule has 1 aromatic carbocycles. The summed E-state index contributed by atoms with van der Waals surface area (Å²) in [6.45, 7) is 9.82. The molecule has 3 aromatic rings. The lowest BCUT2D eigenvalue weighted by Crippen LogP contribution is -2.60. The number of aromatic amines is 2. The number of thioether (sulfide) groups is 1. The second kappa shape index (κ2) is 48.9. The van der Waals surface area contributed by atoms with E-state index in [1.807, 2.05) is 20.1 Å². The maximum Gasteiger partial charge on any atom is 0.243 e. The number of rotatable bonds is 51. The Bertz CT molecular complexity index is 3910. The van der Waals surface area contributed by atoms with E-state index in [0.29, 0.717) is 27.9 Å². The molecule has 1 saturated heterocycles. The van der Waals surface area contributed by atoms with E-state index in [4.69, 9.17) is 34.1 Å². The number of carbonyl (C=O) groups excluding carboxylic acids is 18. The minimum Gasteiger partial charge on any atom is -0.370 e. The van der Waals surface area contributed by atoms with Crippen LogP contribution in [0.25, 0.3) is 10.9 Å². The van der Waals surface area contributed by atoms with Crippen molar-refractivity contribution in [3.8, 4) is 0 Å². The summed E-state index contributed by atoms with van der Waals surface area (Å²) < 4.78 is 0. The van der Waals surface area contributed by atoms with Gasteiger partial charge in [0.2, 0.25) is 106 Å². The van der Waals surface area contributed by atoms with E-state index in [1.54, 1.807) is 58.2 Å². The van der Waals surface area contributed by atoms with Crippen LogP contribution in [0, 0.1) is 23.2 Å². The van der Waals surface area contributed by atoms with Crippen molar-refractivity contribution in [3.05, 3.63) is 54.2 Å². The third-order valence-electron chi connectivity index (χ3n) is 17.8. The zero-order chi connectivity index (χ0) is 85.1. The molecule has 2 aromatic heterocycles. The number of hydrogen-bond acceptors (Lipinski definition) is 21. The van der Waals surface area contributed by atoms with Crippen LogP contribution in [-0.4, -0.2) is 231 Å². The number of H-pyrrole nitrogens is 2. The molecule has 0 bridgehead atoms. The molecule has 4 rings (SSSR count). The number of para-hydroxylation sites is 1. The first-order valence-electron chi connectivity index (χ1n) is 37.2. The summed E-state index contributed by atoms with van der Waals surface area (Å²) in [6.07, 6.45) is 3.35. The van der Waals surface area contributed by atoms with E-state index < -0.39 is 223 Å². The fraction of sp³-hybridized carbons (Fsp3) is 0.583. The van der Waals surface area contributed by atoms with Gasteiger partial charge in [-0.3, -0.25) is 91.7 Å². The molecule has 1 aliphatic rings. The van der Waals surface area contributed by atoms with Crippen LogP contribution in [0.4, 0.5) is 0 Å². The third-order valence-corrected chi connectivity index (χ3v) is 18.4. The molecule has 12 atom stereocenters. The van der Waals surface area contributed by atoms with Crippen molar-refractivity contribution >= 4 is 135 Å². The number of benzene rings is 1. The van der Waals surface area contributed by atoms with E-state index in [1.165, 1.54) is 31.2 Å². The highest BCUT2D eigenvalue weighted by Crippen LogP contribution is 2.21. The first kappa shape index (κ1) is 97.2. The quantitative estimate of drug-likeness (QED) is 0.0142. The van der Waals surface area contributed by atoms with Gasteiger partial charge >= 0.3 is 0 Å². The maximum absolute atomic E-state index is 14.6. The summed E-state index contributed by atoms with van der Waals surface area (Å²) in [4.78, 5) is 252. The van der Waals surface area contributed by atoms with Crippen molar-refractivity contribution in [2.75, 3.05) is 31.6 Å². The van der Waals surface area contributed by atoms with E-state index in [2.05, 4.69) is 94.7 Å². The molecule has 636 valence electrons. The summed E-state index contributed by atoms with van der Waals surface area (Å²) in [5.41, 5.74) is 28.9. The van der Waals surface area contributed by atoms with Gasteiger partial charge in [0.25, 0.3) is 0 Å². The molecule has 43 heteroatoms. The molecule has 28 N–H and O–H groups in total.